The molecule has 2 aromatic heterocycles. The molecule has 4 nitrogen and oxygen atoms in total. The molecular formula is C21H29N3OS. The van der Waals surface area contributed by atoms with Gasteiger partial charge in [-0.3, -0.25) is 4.98 Å². The molecule has 0 aromatic carbocycles. The van der Waals surface area contributed by atoms with E-state index in [4.69, 9.17) is 9.72 Å². The van der Waals surface area contributed by atoms with Crippen LogP contribution in [0, 0.1) is 6.92 Å². The van der Waals surface area contributed by atoms with Gasteiger partial charge in [0.25, 0.3) is 0 Å². The zero-order chi connectivity index (χ0) is 17.9. The van der Waals surface area contributed by atoms with Gasteiger partial charge in [0.2, 0.25) is 0 Å². The molecular weight excluding hydrogens is 342 g/mol. The summed E-state index contributed by atoms with van der Waals surface area (Å²) in [4.78, 5) is 9.33. The van der Waals surface area contributed by atoms with Crippen molar-refractivity contribution in [2.45, 2.75) is 69.4 Å². The average molecular weight is 372 g/mol. The molecule has 1 saturated heterocycles. The van der Waals surface area contributed by atoms with E-state index < -0.39 is 0 Å². The standard InChI is InChI=1S/C21H29N3OS/c1-17-15-26-19(24-17)14-22-12-9-20(18-6-2-5-11-23-18)10-13-25-21(16-20)7-3-4-8-21/h2,5-6,11,15,22H,3-4,7-10,12-14,16H2,1H3/t20-/m1/s1. The largest absolute Gasteiger partial charge is 0.375 e. The SMILES string of the molecule is Cc1csc(CNCC[C@@]2(c3ccccn3)CCOC3(CCCC3)C2)n1. The van der Waals surface area contributed by atoms with Crippen molar-refractivity contribution in [1.82, 2.24) is 15.3 Å². The highest BCUT2D eigenvalue weighted by atomic mass is 32.1. The van der Waals surface area contributed by atoms with Gasteiger partial charge in [0.05, 0.1) is 5.60 Å². The topological polar surface area (TPSA) is 47.0 Å². The summed E-state index contributed by atoms with van der Waals surface area (Å²) in [7, 11) is 0. The molecule has 4 rings (SSSR count). The van der Waals surface area contributed by atoms with E-state index in [0.29, 0.717) is 0 Å². The lowest BCUT2D eigenvalue weighted by atomic mass is 9.68. The Morgan fingerprint density at radius 2 is 2.12 bits per heavy atom. The Morgan fingerprint density at radius 3 is 2.85 bits per heavy atom. The van der Waals surface area contributed by atoms with Gasteiger partial charge < -0.3 is 10.1 Å². The second-order valence-electron chi connectivity index (χ2n) is 7.97. The van der Waals surface area contributed by atoms with E-state index in [2.05, 4.69) is 34.7 Å². The summed E-state index contributed by atoms with van der Waals surface area (Å²) in [6.45, 7) is 4.77. The van der Waals surface area contributed by atoms with Crippen LogP contribution in [0.2, 0.25) is 0 Å². The average Bonchev–Trinajstić information content (AvgIpc) is 3.29. The zero-order valence-corrected chi connectivity index (χ0v) is 16.5. The van der Waals surface area contributed by atoms with Crippen molar-refractivity contribution in [1.29, 1.82) is 0 Å². The van der Waals surface area contributed by atoms with E-state index in [-0.39, 0.29) is 11.0 Å². The molecule has 3 heterocycles. The number of rotatable bonds is 6. The number of thiazole rings is 1. The summed E-state index contributed by atoms with van der Waals surface area (Å²) in [5, 5.41) is 6.91. The molecule has 1 aliphatic heterocycles. The lowest BCUT2D eigenvalue weighted by Gasteiger charge is -2.46. The number of hydrogen-bond acceptors (Lipinski definition) is 5. The van der Waals surface area contributed by atoms with Gasteiger partial charge in [0.1, 0.15) is 5.01 Å². The maximum atomic E-state index is 6.33. The molecule has 1 spiro atoms. The maximum Gasteiger partial charge on any atom is 0.107 e. The van der Waals surface area contributed by atoms with Crippen LogP contribution in [-0.2, 0) is 16.7 Å². The second kappa shape index (κ2) is 7.75. The molecule has 2 aliphatic rings. The van der Waals surface area contributed by atoms with Crippen LogP contribution >= 0.6 is 11.3 Å². The number of hydrogen-bond donors (Lipinski definition) is 1. The van der Waals surface area contributed by atoms with Crippen molar-refractivity contribution in [2.24, 2.45) is 0 Å². The fourth-order valence-corrected chi connectivity index (χ4v) is 5.54. The third kappa shape index (κ3) is 3.85. The minimum absolute atomic E-state index is 0.0994. The van der Waals surface area contributed by atoms with Gasteiger partial charge in [-0.1, -0.05) is 18.9 Å². The van der Waals surface area contributed by atoms with E-state index in [1.807, 2.05) is 12.3 Å². The third-order valence-corrected chi connectivity index (χ3v) is 7.06. The molecule has 26 heavy (non-hydrogen) atoms. The fourth-order valence-electron chi connectivity index (χ4n) is 4.80. The van der Waals surface area contributed by atoms with Gasteiger partial charge in [-0.15, -0.1) is 11.3 Å². The molecule has 1 aliphatic carbocycles. The Balaban J connectivity index is 1.46. The summed E-state index contributed by atoms with van der Waals surface area (Å²) in [5.41, 5.74) is 2.60. The lowest BCUT2D eigenvalue weighted by molar-refractivity contribution is -0.104. The van der Waals surface area contributed by atoms with Gasteiger partial charge in [-0.2, -0.15) is 0 Å². The van der Waals surface area contributed by atoms with Crippen LogP contribution in [0.25, 0.3) is 0 Å². The first kappa shape index (κ1) is 18.1. The molecule has 1 N–H and O–H groups in total. The Kier molecular flexibility index (Phi) is 5.39. The zero-order valence-electron chi connectivity index (χ0n) is 15.7. The molecule has 5 heteroatoms. The molecule has 1 saturated carbocycles. The summed E-state index contributed by atoms with van der Waals surface area (Å²) < 4.78 is 6.33. The van der Waals surface area contributed by atoms with Gasteiger partial charge in [0, 0.05) is 41.5 Å². The summed E-state index contributed by atoms with van der Waals surface area (Å²) >= 11 is 1.74. The summed E-state index contributed by atoms with van der Waals surface area (Å²) in [6, 6.07) is 6.37. The van der Waals surface area contributed by atoms with Gasteiger partial charge in [-0.05, 0) is 57.7 Å². The molecule has 2 fully saturated rings. The molecule has 0 amide bonds. The first-order valence-electron chi connectivity index (χ1n) is 9.87. The van der Waals surface area contributed by atoms with Crippen LogP contribution in [0.5, 0.6) is 0 Å². The molecule has 1 atom stereocenters. The third-order valence-electron chi connectivity index (χ3n) is 6.10. The minimum atomic E-state index is 0.0994. The first-order chi connectivity index (χ1) is 12.7. The van der Waals surface area contributed by atoms with E-state index in [1.165, 1.54) is 36.4 Å². The second-order valence-corrected chi connectivity index (χ2v) is 8.91. The Labute approximate surface area is 160 Å². The van der Waals surface area contributed by atoms with Crippen LogP contribution in [0.1, 0.15) is 61.3 Å². The van der Waals surface area contributed by atoms with E-state index in [9.17, 15) is 0 Å². The normalized spacial score (nSPS) is 25.0. The van der Waals surface area contributed by atoms with Crippen LogP contribution in [0.15, 0.2) is 29.8 Å². The van der Waals surface area contributed by atoms with Crippen LogP contribution in [0.3, 0.4) is 0 Å². The molecule has 0 unspecified atom stereocenters. The van der Waals surface area contributed by atoms with Crippen LogP contribution in [-0.4, -0.2) is 28.7 Å². The summed E-state index contributed by atoms with van der Waals surface area (Å²) in [6.07, 6.45) is 10.3. The van der Waals surface area contributed by atoms with E-state index >= 15 is 0 Å². The van der Waals surface area contributed by atoms with Crippen molar-refractivity contribution in [3.63, 3.8) is 0 Å². The van der Waals surface area contributed by atoms with E-state index in [1.54, 1.807) is 11.3 Å². The van der Waals surface area contributed by atoms with Gasteiger partial charge in [-0.25, -0.2) is 4.98 Å². The van der Waals surface area contributed by atoms with Crippen molar-refractivity contribution >= 4 is 11.3 Å². The Bertz CT molecular complexity index is 711. The Hall–Kier alpha value is -1.30. The van der Waals surface area contributed by atoms with Crippen molar-refractivity contribution in [3.8, 4) is 0 Å². The van der Waals surface area contributed by atoms with Crippen molar-refractivity contribution in [2.75, 3.05) is 13.2 Å². The number of pyridine rings is 1. The van der Waals surface area contributed by atoms with E-state index in [0.717, 1.165) is 44.7 Å². The molecule has 0 bridgehead atoms. The predicted molar refractivity (Wildman–Crippen MR) is 105 cm³/mol. The summed E-state index contributed by atoms with van der Waals surface area (Å²) in [5.74, 6) is 0. The van der Waals surface area contributed by atoms with Crippen LogP contribution in [0.4, 0.5) is 0 Å². The molecule has 0 radical (unpaired) electrons. The van der Waals surface area contributed by atoms with Crippen molar-refractivity contribution in [3.05, 3.63) is 46.2 Å². The monoisotopic (exact) mass is 371 g/mol. The Morgan fingerprint density at radius 1 is 1.23 bits per heavy atom. The highest BCUT2D eigenvalue weighted by Gasteiger charge is 2.48. The number of aromatic nitrogens is 2. The molecule has 140 valence electrons. The minimum Gasteiger partial charge on any atom is -0.375 e. The predicted octanol–water partition coefficient (Wildman–Crippen LogP) is 4.39. The van der Waals surface area contributed by atoms with Crippen molar-refractivity contribution < 1.29 is 4.74 Å². The smallest absolute Gasteiger partial charge is 0.107 e. The highest BCUT2D eigenvalue weighted by Crippen LogP contribution is 2.49. The highest BCUT2D eigenvalue weighted by molar-refractivity contribution is 7.09. The van der Waals surface area contributed by atoms with Crippen LogP contribution < -0.4 is 5.32 Å². The lowest BCUT2D eigenvalue weighted by Crippen LogP contribution is -2.47. The quantitative estimate of drug-likeness (QED) is 0.765. The van der Waals surface area contributed by atoms with Gasteiger partial charge >= 0.3 is 0 Å². The number of ether oxygens (including phenoxy) is 1. The maximum absolute atomic E-state index is 6.33. The number of aryl methyl sites for hydroxylation is 1. The number of nitrogens with one attached hydrogen (secondary N) is 1. The first-order valence-corrected chi connectivity index (χ1v) is 10.8. The molecule has 2 aromatic rings. The van der Waals surface area contributed by atoms with Gasteiger partial charge in [0.15, 0.2) is 0 Å². The fraction of sp³-hybridized carbons (Fsp3) is 0.619. The number of nitrogens with zero attached hydrogens (tertiary/aromatic N) is 2.